The fourth-order valence-corrected chi connectivity index (χ4v) is 2.84. The predicted octanol–water partition coefficient (Wildman–Crippen LogP) is 1.36. The number of sulfonamides is 1. The van der Waals surface area contributed by atoms with Crippen molar-refractivity contribution >= 4 is 21.5 Å². The Labute approximate surface area is 117 Å². The Kier molecular flexibility index (Phi) is 3.84. The molecule has 20 heavy (non-hydrogen) atoms. The minimum atomic E-state index is -3.78. The van der Waals surface area contributed by atoms with E-state index in [1.54, 1.807) is 6.07 Å². The van der Waals surface area contributed by atoms with Gasteiger partial charge in [-0.3, -0.25) is 9.82 Å². The number of rotatable bonds is 5. The highest BCUT2D eigenvalue weighted by atomic mass is 32.2. The molecule has 1 heterocycles. The number of nitrogens with one attached hydrogen (secondary N) is 2. The molecule has 0 bridgehead atoms. The molecule has 0 radical (unpaired) electrons. The van der Waals surface area contributed by atoms with Crippen LogP contribution in [-0.4, -0.2) is 25.7 Å². The minimum absolute atomic E-state index is 0.00949. The molecule has 0 saturated carbocycles. The largest absolute Gasteiger partial charge is 0.495 e. The molecule has 0 amide bonds. The van der Waals surface area contributed by atoms with Crippen LogP contribution >= 0.6 is 0 Å². The van der Waals surface area contributed by atoms with Crippen LogP contribution in [0.25, 0.3) is 0 Å². The Morgan fingerprint density at radius 3 is 2.75 bits per heavy atom. The molecule has 4 N–H and O–H groups in total. The summed E-state index contributed by atoms with van der Waals surface area (Å²) in [6, 6.07) is 5.99. The fraction of sp³-hybridized carbons (Fsp3) is 0.250. The number of hydrogen-bond donors (Lipinski definition) is 3. The number of aromatic nitrogens is 2. The molecule has 108 valence electrons. The van der Waals surface area contributed by atoms with Gasteiger partial charge in [-0.2, -0.15) is 5.10 Å². The number of methoxy groups -OCH3 is 1. The summed E-state index contributed by atoms with van der Waals surface area (Å²) in [5, 5.41) is 6.63. The van der Waals surface area contributed by atoms with E-state index in [-0.39, 0.29) is 16.5 Å². The Balaban J connectivity index is 2.35. The lowest BCUT2D eigenvalue weighted by molar-refractivity contribution is 0.403. The summed E-state index contributed by atoms with van der Waals surface area (Å²) in [6.45, 7) is 1.94. The average Bonchev–Trinajstić information content (AvgIpc) is 2.85. The van der Waals surface area contributed by atoms with Crippen LogP contribution in [0.15, 0.2) is 29.2 Å². The van der Waals surface area contributed by atoms with Crippen LogP contribution in [0.1, 0.15) is 12.6 Å². The van der Waals surface area contributed by atoms with E-state index < -0.39 is 10.0 Å². The van der Waals surface area contributed by atoms with E-state index in [0.29, 0.717) is 5.69 Å². The summed E-state index contributed by atoms with van der Waals surface area (Å²) < 4.78 is 32.1. The molecule has 2 rings (SSSR count). The molecular weight excluding hydrogens is 280 g/mol. The summed E-state index contributed by atoms with van der Waals surface area (Å²) in [5.74, 6) is 0.421. The highest BCUT2D eigenvalue weighted by molar-refractivity contribution is 7.92. The summed E-state index contributed by atoms with van der Waals surface area (Å²) in [5.41, 5.74) is 6.87. The number of anilines is 2. The van der Waals surface area contributed by atoms with Crippen LogP contribution in [0, 0.1) is 0 Å². The van der Waals surface area contributed by atoms with Crippen molar-refractivity contribution in [3.63, 3.8) is 0 Å². The second-order valence-electron chi connectivity index (χ2n) is 4.15. The van der Waals surface area contributed by atoms with E-state index in [1.807, 2.05) is 6.92 Å². The van der Waals surface area contributed by atoms with Gasteiger partial charge in [0, 0.05) is 23.5 Å². The second-order valence-corrected chi connectivity index (χ2v) is 5.80. The minimum Gasteiger partial charge on any atom is -0.495 e. The first-order chi connectivity index (χ1) is 9.46. The summed E-state index contributed by atoms with van der Waals surface area (Å²) in [7, 11) is -2.39. The van der Waals surface area contributed by atoms with Crippen LogP contribution in [0.2, 0.25) is 0 Å². The van der Waals surface area contributed by atoms with Gasteiger partial charge in [0.2, 0.25) is 0 Å². The zero-order valence-corrected chi connectivity index (χ0v) is 12.0. The Hall–Kier alpha value is -2.22. The monoisotopic (exact) mass is 296 g/mol. The Morgan fingerprint density at radius 2 is 2.15 bits per heavy atom. The van der Waals surface area contributed by atoms with Gasteiger partial charge < -0.3 is 10.5 Å². The van der Waals surface area contributed by atoms with Crippen molar-refractivity contribution in [1.82, 2.24) is 10.2 Å². The third kappa shape index (κ3) is 2.85. The molecule has 0 aliphatic heterocycles. The summed E-state index contributed by atoms with van der Waals surface area (Å²) >= 11 is 0. The topological polar surface area (TPSA) is 110 Å². The lowest BCUT2D eigenvalue weighted by Crippen LogP contribution is -2.14. The van der Waals surface area contributed by atoms with Gasteiger partial charge in [-0.25, -0.2) is 8.42 Å². The SMILES string of the molecule is CCc1cc(NS(=O)(=O)c2ccc(N)cc2OC)n[nH]1. The molecule has 0 aliphatic rings. The van der Waals surface area contributed by atoms with Gasteiger partial charge in [-0.05, 0) is 18.6 Å². The van der Waals surface area contributed by atoms with Crippen LogP contribution < -0.4 is 15.2 Å². The van der Waals surface area contributed by atoms with Gasteiger partial charge in [-0.15, -0.1) is 0 Å². The van der Waals surface area contributed by atoms with E-state index in [0.717, 1.165) is 12.1 Å². The molecule has 7 nitrogen and oxygen atoms in total. The number of H-pyrrole nitrogens is 1. The van der Waals surface area contributed by atoms with Crippen molar-refractivity contribution in [2.24, 2.45) is 0 Å². The van der Waals surface area contributed by atoms with E-state index in [2.05, 4.69) is 14.9 Å². The first-order valence-corrected chi connectivity index (χ1v) is 7.45. The number of aryl methyl sites for hydroxylation is 1. The van der Waals surface area contributed by atoms with Gasteiger partial charge in [-0.1, -0.05) is 6.92 Å². The predicted molar refractivity (Wildman–Crippen MR) is 76.2 cm³/mol. The molecule has 0 spiro atoms. The first kappa shape index (κ1) is 14.2. The van der Waals surface area contributed by atoms with Crippen LogP contribution in [0.4, 0.5) is 11.5 Å². The van der Waals surface area contributed by atoms with E-state index in [9.17, 15) is 8.42 Å². The number of benzene rings is 1. The maximum Gasteiger partial charge on any atom is 0.266 e. The van der Waals surface area contributed by atoms with Crippen molar-refractivity contribution in [3.8, 4) is 5.75 Å². The number of nitrogens with two attached hydrogens (primary N) is 1. The van der Waals surface area contributed by atoms with Crippen LogP contribution in [-0.2, 0) is 16.4 Å². The second kappa shape index (κ2) is 5.41. The van der Waals surface area contributed by atoms with Gasteiger partial charge in [0.15, 0.2) is 5.82 Å². The molecule has 0 unspecified atom stereocenters. The normalized spacial score (nSPS) is 11.3. The van der Waals surface area contributed by atoms with Crippen molar-refractivity contribution in [3.05, 3.63) is 30.0 Å². The zero-order chi connectivity index (χ0) is 14.8. The maximum atomic E-state index is 12.3. The highest BCUT2D eigenvalue weighted by Gasteiger charge is 2.20. The van der Waals surface area contributed by atoms with Gasteiger partial charge in [0.05, 0.1) is 7.11 Å². The lowest BCUT2D eigenvalue weighted by atomic mass is 10.3. The van der Waals surface area contributed by atoms with E-state index in [4.69, 9.17) is 10.5 Å². The average molecular weight is 296 g/mol. The number of hydrogen-bond acceptors (Lipinski definition) is 5. The van der Waals surface area contributed by atoms with Crippen LogP contribution in [0.5, 0.6) is 5.75 Å². The third-order valence-electron chi connectivity index (χ3n) is 2.73. The zero-order valence-electron chi connectivity index (χ0n) is 11.2. The molecule has 2 aromatic rings. The van der Waals surface area contributed by atoms with Gasteiger partial charge >= 0.3 is 0 Å². The summed E-state index contributed by atoms with van der Waals surface area (Å²) in [4.78, 5) is 0.00949. The molecule has 0 atom stereocenters. The van der Waals surface area contributed by atoms with Gasteiger partial charge in [0.25, 0.3) is 10.0 Å². The molecule has 0 aliphatic carbocycles. The smallest absolute Gasteiger partial charge is 0.266 e. The molecule has 0 fully saturated rings. The standard InChI is InChI=1S/C12H16N4O3S/c1-3-9-7-12(15-14-9)16-20(17,18)11-5-4-8(13)6-10(11)19-2/h4-7H,3,13H2,1-2H3,(H2,14,15,16). The summed E-state index contributed by atoms with van der Waals surface area (Å²) in [6.07, 6.45) is 0.736. The fourth-order valence-electron chi connectivity index (χ4n) is 1.69. The Bertz CT molecular complexity index is 709. The number of ether oxygens (including phenoxy) is 1. The molecule has 1 aromatic heterocycles. The third-order valence-corrected chi connectivity index (χ3v) is 4.12. The van der Waals surface area contributed by atoms with Crippen LogP contribution in [0.3, 0.4) is 0 Å². The van der Waals surface area contributed by atoms with Gasteiger partial charge in [0.1, 0.15) is 10.6 Å². The Morgan fingerprint density at radius 1 is 1.40 bits per heavy atom. The van der Waals surface area contributed by atoms with Crippen molar-refractivity contribution in [2.75, 3.05) is 17.6 Å². The number of nitrogen functional groups attached to an aromatic ring is 1. The lowest BCUT2D eigenvalue weighted by Gasteiger charge is -2.10. The van der Waals surface area contributed by atoms with Crippen molar-refractivity contribution < 1.29 is 13.2 Å². The first-order valence-electron chi connectivity index (χ1n) is 5.97. The molecule has 8 heteroatoms. The van der Waals surface area contributed by atoms with Crippen molar-refractivity contribution in [2.45, 2.75) is 18.2 Å². The molecule has 0 saturated heterocycles. The number of aromatic amines is 1. The van der Waals surface area contributed by atoms with E-state index in [1.165, 1.54) is 25.3 Å². The molecule has 1 aromatic carbocycles. The van der Waals surface area contributed by atoms with E-state index >= 15 is 0 Å². The quantitative estimate of drug-likeness (QED) is 0.722. The number of nitrogens with zero attached hydrogens (tertiary/aromatic N) is 1. The van der Waals surface area contributed by atoms with Crippen molar-refractivity contribution in [1.29, 1.82) is 0 Å². The maximum absolute atomic E-state index is 12.3. The highest BCUT2D eigenvalue weighted by Crippen LogP contribution is 2.27. The molecular formula is C12H16N4O3S.